The first-order valence-corrected chi connectivity index (χ1v) is 11.0. The summed E-state index contributed by atoms with van der Waals surface area (Å²) in [7, 11) is -3.28. The van der Waals surface area contributed by atoms with Gasteiger partial charge in [-0.2, -0.15) is 0 Å². The lowest BCUT2D eigenvalue weighted by Crippen LogP contribution is -2.44. The van der Waals surface area contributed by atoms with Crippen molar-refractivity contribution in [3.8, 4) is 5.75 Å². The predicted molar refractivity (Wildman–Crippen MR) is 108 cm³/mol. The molecule has 156 valence electrons. The molecule has 1 aliphatic rings. The number of hydrogen-bond acceptors (Lipinski definition) is 6. The molecule has 0 aromatic heterocycles. The number of ether oxygens (including phenoxy) is 1. The molecule has 4 unspecified atom stereocenters. The van der Waals surface area contributed by atoms with Crippen LogP contribution in [0.3, 0.4) is 0 Å². The smallest absolute Gasteiger partial charge is 0.319 e. The van der Waals surface area contributed by atoms with Gasteiger partial charge < -0.3 is 25.6 Å². The molecule has 1 saturated carbocycles. The topological polar surface area (TPSA) is 125 Å². The van der Waals surface area contributed by atoms with Crippen LogP contribution >= 0.6 is 0 Å². The summed E-state index contributed by atoms with van der Waals surface area (Å²) in [5.41, 5.74) is 0.621. The third-order valence-electron chi connectivity index (χ3n) is 4.87. The minimum absolute atomic E-state index is 0.120. The van der Waals surface area contributed by atoms with Gasteiger partial charge >= 0.3 is 6.03 Å². The van der Waals surface area contributed by atoms with Gasteiger partial charge in [-0.3, -0.25) is 0 Å². The molecule has 3 rings (SSSR count). The molecular formula is C20H24N2O6S. The fourth-order valence-electron chi connectivity index (χ4n) is 3.28. The van der Waals surface area contributed by atoms with E-state index in [1.54, 1.807) is 24.3 Å². The van der Waals surface area contributed by atoms with Gasteiger partial charge in [-0.25, -0.2) is 13.2 Å². The molecule has 2 aromatic carbocycles. The van der Waals surface area contributed by atoms with Crippen LogP contribution in [-0.2, 0) is 9.84 Å². The molecule has 0 saturated heterocycles. The Hall–Kier alpha value is -2.62. The predicted octanol–water partition coefficient (Wildman–Crippen LogP) is 1.40. The Balaban J connectivity index is 1.53. The number of anilines is 1. The lowest BCUT2D eigenvalue weighted by atomic mass is 10.1. The van der Waals surface area contributed by atoms with E-state index in [2.05, 4.69) is 10.6 Å². The van der Waals surface area contributed by atoms with E-state index < -0.39 is 34.1 Å². The van der Waals surface area contributed by atoms with Gasteiger partial charge in [0.15, 0.2) is 9.84 Å². The number of benzene rings is 2. The van der Waals surface area contributed by atoms with Crippen molar-refractivity contribution in [2.24, 2.45) is 5.92 Å². The zero-order valence-corrected chi connectivity index (χ0v) is 16.7. The molecule has 2 aromatic rings. The normalized spacial score (nSPS) is 24.1. The van der Waals surface area contributed by atoms with Crippen LogP contribution in [0.4, 0.5) is 10.5 Å². The second-order valence-corrected chi connectivity index (χ2v) is 9.12. The number of amides is 2. The van der Waals surface area contributed by atoms with Gasteiger partial charge in [0.25, 0.3) is 0 Å². The first-order valence-electron chi connectivity index (χ1n) is 9.15. The van der Waals surface area contributed by atoms with E-state index in [1.165, 1.54) is 24.3 Å². The number of urea groups is 1. The molecule has 2 amide bonds. The van der Waals surface area contributed by atoms with Crippen LogP contribution in [0.5, 0.6) is 5.75 Å². The molecule has 0 aliphatic heterocycles. The minimum Gasteiger partial charge on any atom is -0.493 e. The number of hydrogen-bond donors (Lipinski definition) is 4. The van der Waals surface area contributed by atoms with E-state index >= 15 is 0 Å². The summed E-state index contributed by atoms with van der Waals surface area (Å²) in [4.78, 5) is 12.3. The lowest BCUT2D eigenvalue weighted by molar-refractivity contribution is 0.00344. The Morgan fingerprint density at radius 1 is 1.07 bits per heavy atom. The third kappa shape index (κ3) is 5.47. The number of para-hydroxylation sites is 1. The molecule has 1 aliphatic carbocycles. The maximum Gasteiger partial charge on any atom is 0.319 e. The second-order valence-electron chi connectivity index (χ2n) is 7.10. The summed E-state index contributed by atoms with van der Waals surface area (Å²) in [6.07, 6.45) is -0.698. The van der Waals surface area contributed by atoms with Crippen molar-refractivity contribution in [2.45, 2.75) is 29.6 Å². The van der Waals surface area contributed by atoms with Crippen LogP contribution in [0, 0.1) is 5.92 Å². The standard InChI is InChI=1S/C20H24N2O6S/c1-29(26,27)16-9-7-15(8-10-16)28-12-13-11-17(19(24)18(13)23)22-20(25)21-14-5-3-2-4-6-14/h2-10,13,17-19,23-24H,11-12H2,1H3,(H2,21,22,25). The summed E-state index contributed by atoms with van der Waals surface area (Å²) < 4.78 is 28.6. The van der Waals surface area contributed by atoms with Crippen LogP contribution in [-0.4, -0.2) is 55.8 Å². The average molecular weight is 420 g/mol. The van der Waals surface area contributed by atoms with Crippen molar-refractivity contribution >= 4 is 21.6 Å². The van der Waals surface area contributed by atoms with Gasteiger partial charge in [0, 0.05) is 17.9 Å². The van der Waals surface area contributed by atoms with E-state index in [9.17, 15) is 23.4 Å². The van der Waals surface area contributed by atoms with Crippen molar-refractivity contribution in [1.82, 2.24) is 5.32 Å². The van der Waals surface area contributed by atoms with Gasteiger partial charge in [-0.1, -0.05) is 18.2 Å². The largest absolute Gasteiger partial charge is 0.493 e. The fourth-order valence-corrected chi connectivity index (χ4v) is 3.91. The first kappa shape index (κ1) is 21.1. The zero-order valence-electron chi connectivity index (χ0n) is 15.9. The van der Waals surface area contributed by atoms with E-state index in [-0.39, 0.29) is 17.4 Å². The van der Waals surface area contributed by atoms with Crippen molar-refractivity contribution in [3.63, 3.8) is 0 Å². The summed E-state index contributed by atoms with van der Waals surface area (Å²) in [6, 6.07) is 13.8. The van der Waals surface area contributed by atoms with E-state index in [0.29, 0.717) is 17.9 Å². The molecule has 29 heavy (non-hydrogen) atoms. The van der Waals surface area contributed by atoms with Gasteiger partial charge in [0.1, 0.15) is 11.9 Å². The van der Waals surface area contributed by atoms with Crippen LogP contribution in [0.2, 0.25) is 0 Å². The fraction of sp³-hybridized carbons (Fsp3) is 0.350. The first-order chi connectivity index (χ1) is 13.7. The Kier molecular flexibility index (Phi) is 6.41. The highest BCUT2D eigenvalue weighted by Gasteiger charge is 2.42. The van der Waals surface area contributed by atoms with Crippen molar-refractivity contribution < 1.29 is 28.2 Å². The quantitative estimate of drug-likeness (QED) is 0.560. The van der Waals surface area contributed by atoms with Crippen molar-refractivity contribution in [2.75, 3.05) is 18.2 Å². The van der Waals surface area contributed by atoms with Crippen molar-refractivity contribution in [3.05, 3.63) is 54.6 Å². The van der Waals surface area contributed by atoms with Gasteiger partial charge in [0.2, 0.25) is 0 Å². The molecule has 0 spiro atoms. The monoisotopic (exact) mass is 420 g/mol. The van der Waals surface area contributed by atoms with Crippen LogP contribution < -0.4 is 15.4 Å². The van der Waals surface area contributed by atoms with Crippen LogP contribution in [0.15, 0.2) is 59.5 Å². The molecule has 4 atom stereocenters. The van der Waals surface area contributed by atoms with Gasteiger partial charge in [0.05, 0.1) is 23.6 Å². The summed E-state index contributed by atoms with van der Waals surface area (Å²) in [5, 5.41) is 25.9. The summed E-state index contributed by atoms with van der Waals surface area (Å²) in [5.74, 6) is 0.0685. The van der Waals surface area contributed by atoms with Crippen LogP contribution in [0.25, 0.3) is 0 Å². The van der Waals surface area contributed by atoms with E-state index in [1.807, 2.05) is 6.07 Å². The number of nitrogens with one attached hydrogen (secondary N) is 2. The number of rotatable bonds is 6. The number of aliphatic hydroxyl groups is 2. The molecular weight excluding hydrogens is 396 g/mol. The third-order valence-corrected chi connectivity index (χ3v) is 5.99. The minimum atomic E-state index is -3.28. The lowest BCUT2D eigenvalue weighted by Gasteiger charge is -2.18. The molecule has 4 N–H and O–H groups in total. The highest BCUT2D eigenvalue weighted by molar-refractivity contribution is 7.90. The zero-order chi connectivity index (χ0) is 21.0. The molecule has 8 nitrogen and oxygen atoms in total. The molecule has 1 fully saturated rings. The Morgan fingerprint density at radius 3 is 2.34 bits per heavy atom. The molecule has 0 heterocycles. The number of carbonyl (C=O) groups is 1. The number of carbonyl (C=O) groups excluding carboxylic acids is 1. The van der Waals surface area contributed by atoms with Crippen LogP contribution in [0.1, 0.15) is 6.42 Å². The SMILES string of the molecule is CS(=O)(=O)c1ccc(OCC2CC(NC(=O)Nc3ccccc3)C(O)C2O)cc1. The second kappa shape index (κ2) is 8.81. The van der Waals surface area contributed by atoms with E-state index in [0.717, 1.165) is 6.26 Å². The summed E-state index contributed by atoms with van der Waals surface area (Å²) in [6.45, 7) is 0.120. The molecule has 0 bridgehead atoms. The maximum atomic E-state index is 12.1. The maximum absolute atomic E-state index is 12.1. The Labute approximate surface area is 169 Å². The summed E-state index contributed by atoms with van der Waals surface area (Å²) >= 11 is 0. The van der Waals surface area contributed by atoms with Gasteiger partial charge in [-0.15, -0.1) is 0 Å². The number of aliphatic hydroxyl groups excluding tert-OH is 2. The Bertz CT molecular complexity index is 933. The highest BCUT2D eigenvalue weighted by atomic mass is 32.2. The van der Waals surface area contributed by atoms with E-state index in [4.69, 9.17) is 4.74 Å². The average Bonchev–Trinajstić information content (AvgIpc) is 2.94. The van der Waals surface area contributed by atoms with Gasteiger partial charge in [-0.05, 0) is 42.8 Å². The molecule has 9 heteroatoms. The molecule has 0 radical (unpaired) electrons. The number of sulfone groups is 1. The Morgan fingerprint density at radius 2 is 1.72 bits per heavy atom. The van der Waals surface area contributed by atoms with Crippen molar-refractivity contribution in [1.29, 1.82) is 0 Å². The highest BCUT2D eigenvalue weighted by Crippen LogP contribution is 2.28.